The number of hydrogen-bond donors (Lipinski definition) is 1. The lowest BCUT2D eigenvalue weighted by Crippen LogP contribution is -2.29. The average molecular weight is 238 g/mol. The Morgan fingerprint density at radius 2 is 1.94 bits per heavy atom. The maximum Gasteiger partial charge on any atom is 0.407 e. The summed E-state index contributed by atoms with van der Waals surface area (Å²) in [6.45, 7) is 0. The molecule has 0 aliphatic heterocycles. The minimum Gasteiger partial charge on any atom is -0.316 e. The van der Waals surface area contributed by atoms with Crippen LogP contribution < -0.4 is 5.73 Å². The number of nitrogens with two attached hydrogens (primary N) is 1. The molecule has 1 unspecified atom stereocenters. The summed E-state index contributed by atoms with van der Waals surface area (Å²) in [5.41, 5.74) is 2.78. The average Bonchev–Trinajstić information content (AvgIpc) is 2.15. The molecule has 4 nitrogen and oxygen atoms in total. The van der Waals surface area contributed by atoms with Gasteiger partial charge >= 0.3 is 11.9 Å². The van der Waals surface area contributed by atoms with Crippen molar-refractivity contribution in [3.05, 3.63) is 39.7 Å². The molecule has 0 amide bonds. The summed E-state index contributed by atoms with van der Waals surface area (Å²) >= 11 is 0. The SMILES string of the molecule is NC(c1cccc([N+](=O)[O-])c1F)C(F)(F)F. The van der Waals surface area contributed by atoms with E-state index in [-0.39, 0.29) is 0 Å². The molecule has 0 fully saturated rings. The lowest BCUT2D eigenvalue weighted by molar-refractivity contribution is -0.387. The fourth-order valence-corrected chi connectivity index (χ4v) is 1.09. The third kappa shape index (κ3) is 2.27. The Hall–Kier alpha value is -1.70. The second kappa shape index (κ2) is 4.05. The molecule has 1 aromatic carbocycles. The zero-order chi connectivity index (χ0) is 12.5. The summed E-state index contributed by atoms with van der Waals surface area (Å²) in [5.74, 6) is -1.56. The van der Waals surface area contributed by atoms with Crippen molar-refractivity contribution in [2.75, 3.05) is 0 Å². The van der Waals surface area contributed by atoms with Gasteiger partial charge in [0.1, 0.15) is 6.04 Å². The zero-order valence-electron chi connectivity index (χ0n) is 7.66. The maximum atomic E-state index is 13.3. The van der Waals surface area contributed by atoms with E-state index in [1.165, 1.54) is 0 Å². The number of hydrogen-bond acceptors (Lipinski definition) is 3. The van der Waals surface area contributed by atoms with Crippen molar-refractivity contribution in [3.8, 4) is 0 Å². The number of rotatable bonds is 2. The number of halogens is 4. The Kier molecular flexibility index (Phi) is 3.13. The quantitative estimate of drug-likeness (QED) is 0.488. The fourth-order valence-electron chi connectivity index (χ4n) is 1.09. The normalized spacial score (nSPS) is 13.6. The fraction of sp³-hybridized carbons (Fsp3) is 0.250. The Balaban J connectivity index is 3.26. The predicted octanol–water partition coefficient (Wildman–Crippen LogP) is 2.30. The molecule has 0 saturated heterocycles. The topological polar surface area (TPSA) is 69.2 Å². The van der Waals surface area contributed by atoms with Crippen molar-refractivity contribution in [3.63, 3.8) is 0 Å². The van der Waals surface area contributed by atoms with E-state index in [1.54, 1.807) is 0 Å². The summed E-state index contributed by atoms with van der Waals surface area (Å²) in [4.78, 5) is 9.18. The molecule has 1 aromatic rings. The van der Waals surface area contributed by atoms with E-state index in [9.17, 15) is 27.7 Å². The summed E-state index contributed by atoms with van der Waals surface area (Å²) in [5, 5.41) is 10.3. The van der Waals surface area contributed by atoms with Crippen molar-refractivity contribution in [2.24, 2.45) is 5.73 Å². The van der Waals surface area contributed by atoms with Gasteiger partial charge in [0.25, 0.3) is 0 Å². The summed E-state index contributed by atoms with van der Waals surface area (Å²) in [7, 11) is 0. The van der Waals surface area contributed by atoms with Gasteiger partial charge in [0.15, 0.2) is 0 Å². The van der Waals surface area contributed by atoms with Crippen molar-refractivity contribution >= 4 is 5.69 Å². The van der Waals surface area contributed by atoms with E-state index >= 15 is 0 Å². The molecule has 1 atom stereocenters. The first kappa shape index (κ1) is 12.4. The van der Waals surface area contributed by atoms with Crippen LogP contribution in [0.15, 0.2) is 18.2 Å². The van der Waals surface area contributed by atoms with Gasteiger partial charge in [-0.1, -0.05) is 12.1 Å². The second-order valence-electron chi connectivity index (χ2n) is 2.96. The standard InChI is InChI=1S/C8H6F4N2O2/c9-6-4(7(13)8(10,11)12)2-1-3-5(6)14(15)16/h1-3,7H,13H2. The van der Waals surface area contributed by atoms with Gasteiger partial charge in [-0.15, -0.1) is 0 Å². The van der Waals surface area contributed by atoms with Crippen molar-refractivity contribution in [2.45, 2.75) is 12.2 Å². The van der Waals surface area contributed by atoms with Gasteiger partial charge in [0.2, 0.25) is 5.82 Å². The van der Waals surface area contributed by atoms with E-state index in [0.29, 0.717) is 0 Å². The highest BCUT2D eigenvalue weighted by molar-refractivity contribution is 5.38. The summed E-state index contributed by atoms with van der Waals surface area (Å²) in [6.07, 6.45) is -4.85. The zero-order valence-corrected chi connectivity index (χ0v) is 7.66. The van der Waals surface area contributed by atoms with E-state index in [2.05, 4.69) is 0 Å². The van der Waals surface area contributed by atoms with Crippen LogP contribution in [0.25, 0.3) is 0 Å². The Morgan fingerprint density at radius 3 is 2.38 bits per heavy atom. The van der Waals surface area contributed by atoms with Gasteiger partial charge in [-0.3, -0.25) is 10.1 Å². The van der Waals surface area contributed by atoms with Crippen LogP contribution >= 0.6 is 0 Å². The molecule has 0 aliphatic carbocycles. The molecular weight excluding hydrogens is 232 g/mol. The van der Waals surface area contributed by atoms with Crippen LogP contribution in [-0.4, -0.2) is 11.1 Å². The van der Waals surface area contributed by atoms with Gasteiger partial charge in [0, 0.05) is 11.6 Å². The van der Waals surface area contributed by atoms with Crippen LogP contribution in [0.5, 0.6) is 0 Å². The first-order chi connectivity index (χ1) is 7.25. The smallest absolute Gasteiger partial charge is 0.316 e. The molecule has 0 bridgehead atoms. The highest BCUT2D eigenvalue weighted by Gasteiger charge is 2.40. The highest BCUT2D eigenvalue weighted by Crippen LogP contribution is 2.34. The molecule has 0 saturated carbocycles. The predicted molar refractivity (Wildman–Crippen MR) is 46.0 cm³/mol. The number of benzene rings is 1. The van der Waals surface area contributed by atoms with Crippen LogP contribution in [0.1, 0.15) is 11.6 Å². The third-order valence-electron chi connectivity index (χ3n) is 1.89. The molecule has 0 radical (unpaired) electrons. The van der Waals surface area contributed by atoms with Crippen molar-refractivity contribution in [1.82, 2.24) is 0 Å². The van der Waals surface area contributed by atoms with E-state index in [0.717, 1.165) is 18.2 Å². The molecule has 1 rings (SSSR count). The Morgan fingerprint density at radius 1 is 1.38 bits per heavy atom. The number of alkyl halides is 3. The molecule has 0 spiro atoms. The molecular formula is C8H6F4N2O2. The first-order valence-electron chi connectivity index (χ1n) is 4.00. The molecule has 0 aromatic heterocycles. The molecule has 0 aliphatic rings. The Labute approximate surface area is 86.8 Å². The second-order valence-corrected chi connectivity index (χ2v) is 2.96. The van der Waals surface area contributed by atoms with E-state index < -0.39 is 34.2 Å². The van der Waals surface area contributed by atoms with Gasteiger partial charge in [0.05, 0.1) is 4.92 Å². The van der Waals surface area contributed by atoms with Crippen LogP contribution in [0.3, 0.4) is 0 Å². The van der Waals surface area contributed by atoms with Crippen molar-refractivity contribution < 1.29 is 22.5 Å². The van der Waals surface area contributed by atoms with Gasteiger partial charge in [-0.2, -0.15) is 17.6 Å². The van der Waals surface area contributed by atoms with Crippen LogP contribution in [-0.2, 0) is 0 Å². The molecule has 8 heteroatoms. The summed E-state index contributed by atoms with van der Waals surface area (Å²) < 4.78 is 49.8. The number of nitrogens with zero attached hydrogens (tertiary/aromatic N) is 1. The maximum absolute atomic E-state index is 13.3. The van der Waals surface area contributed by atoms with Crippen molar-refractivity contribution in [1.29, 1.82) is 0 Å². The van der Waals surface area contributed by atoms with E-state index in [1.807, 2.05) is 0 Å². The minimum absolute atomic E-state index is 0.764. The van der Waals surface area contributed by atoms with E-state index in [4.69, 9.17) is 5.73 Å². The van der Waals surface area contributed by atoms with Gasteiger partial charge < -0.3 is 5.73 Å². The highest BCUT2D eigenvalue weighted by atomic mass is 19.4. The minimum atomic E-state index is -4.85. The molecule has 0 heterocycles. The third-order valence-corrected chi connectivity index (χ3v) is 1.89. The molecule has 2 N–H and O–H groups in total. The monoisotopic (exact) mass is 238 g/mol. The largest absolute Gasteiger partial charge is 0.407 e. The number of nitro groups is 1. The van der Waals surface area contributed by atoms with Crippen LogP contribution in [0, 0.1) is 15.9 Å². The lowest BCUT2D eigenvalue weighted by Gasteiger charge is -2.16. The lowest BCUT2D eigenvalue weighted by atomic mass is 10.1. The number of nitro benzene ring substituents is 1. The van der Waals surface area contributed by atoms with Crippen LogP contribution in [0.2, 0.25) is 0 Å². The van der Waals surface area contributed by atoms with Crippen LogP contribution in [0.4, 0.5) is 23.2 Å². The summed E-state index contributed by atoms with van der Waals surface area (Å²) in [6, 6.07) is -0.0997. The molecule has 16 heavy (non-hydrogen) atoms. The van der Waals surface area contributed by atoms with Gasteiger partial charge in [-0.25, -0.2) is 0 Å². The Bertz CT molecular complexity index is 419. The molecule has 88 valence electrons. The van der Waals surface area contributed by atoms with Gasteiger partial charge in [-0.05, 0) is 0 Å². The first-order valence-corrected chi connectivity index (χ1v) is 4.00.